The molecular formula is C23H15FN2O. The van der Waals surface area contributed by atoms with Gasteiger partial charge in [0.15, 0.2) is 5.58 Å². The first-order chi connectivity index (χ1) is 13.2. The van der Waals surface area contributed by atoms with Crippen molar-refractivity contribution in [2.45, 2.75) is 6.92 Å². The second-order valence-electron chi connectivity index (χ2n) is 6.48. The van der Waals surface area contributed by atoms with Gasteiger partial charge >= 0.3 is 0 Å². The van der Waals surface area contributed by atoms with Crippen LogP contribution in [-0.4, -0.2) is 9.97 Å². The lowest BCUT2D eigenvalue weighted by atomic mass is 9.99. The highest BCUT2D eigenvalue weighted by molar-refractivity contribution is 6.03. The van der Waals surface area contributed by atoms with Gasteiger partial charge < -0.3 is 4.42 Å². The molecule has 0 saturated carbocycles. The quantitative estimate of drug-likeness (QED) is 0.381. The molecular weight excluding hydrogens is 339 g/mol. The van der Waals surface area contributed by atoms with E-state index in [1.807, 2.05) is 55.5 Å². The lowest BCUT2D eigenvalue weighted by molar-refractivity contribution is 0.631. The first-order valence-corrected chi connectivity index (χ1v) is 8.71. The Hall–Kier alpha value is -3.53. The molecule has 0 bridgehead atoms. The molecule has 0 aliphatic carbocycles. The van der Waals surface area contributed by atoms with Crippen LogP contribution in [-0.2, 0) is 0 Å². The zero-order chi connectivity index (χ0) is 18.4. The summed E-state index contributed by atoms with van der Waals surface area (Å²) in [7, 11) is 0. The summed E-state index contributed by atoms with van der Waals surface area (Å²) in [6, 6.07) is 20.2. The van der Waals surface area contributed by atoms with Crippen molar-refractivity contribution in [3.05, 3.63) is 84.3 Å². The van der Waals surface area contributed by atoms with E-state index in [2.05, 4.69) is 4.98 Å². The summed E-state index contributed by atoms with van der Waals surface area (Å²) in [4.78, 5) is 9.41. The Morgan fingerprint density at radius 2 is 1.59 bits per heavy atom. The maximum absolute atomic E-state index is 14.4. The Morgan fingerprint density at radius 3 is 2.48 bits per heavy atom. The third kappa shape index (κ3) is 2.49. The molecule has 2 aromatic carbocycles. The monoisotopic (exact) mass is 354 g/mol. The molecule has 3 nitrogen and oxygen atoms in total. The van der Waals surface area contributed by atoms with Crippen LogP contribution in [0.2, 0.25) is 0 Å². The van der Waals surface area contributed by atoms with E-state index in [9.17, 15) is 4.39 Å². The van der Waals surface area contributed by atoms with Crippen molar-refractivity contribution in [3.8, 4) is 22.5 Å². The number of fused-ring (bicyclic) bond motifs is 3. The van der Waals surface area contributed by atoms with Crippen molar-refractivity contribution in [2.24, 2.45) is 0 Å². The number of aromatic nitrogens is 2. The van der Waals surface area contributed by atoms with Crippen molar-refractivity contribution in [1.29, 1.82) is 0 Å². The number of furan rings is 1. The summed E-state index contributed by atoms with van der Waals surface area (Å²) in [5.74, 6) is -0.278. The summed E-state index contributed by atoms with van der Waals surface area (Å²) in [5.41, 5.74) is 5.87. The van der Waals surface area contributed by atoms with Crippen LogP contribution >= 0.6 is 0 Å². The Kier molecular flexibility index (Phi) is 3.50. The molecule has 0 spiro atoms. The van der Waals surface area contributed by atoms with Crippen molar-refractivity contribution < 1.29 is 8.81 Å². The second kappa shape index (κ2) is 6.02. The van der Waals surface area contributed by atoms with Crippen molar-refractivity contribution in [2.75, 3.05) is 0 Å². The van der Waals surface area contributed by atoms with Gasteiger partial charge in [-0.3, -0.25) is 4.98 Å². The van der Waals surface area contributed by atoms with Crippen LogP contribution in [0.4, 0.5) is 4.39 Å². The second-order valence-corrected chi connectivity index (χ2v) is 6.48. The maximum Gasteiger partial charge on any atom is 0.154 e. The van der Waals surface area contributed by atoms with E-state index in [-0.39, 0.29) is 5.82 Å². The predicted octanol–water partition coefficient (Wildman–Crippen LogP) is 6.16. The van der Waals surface area contributed by atoms with Gasteiger partial charge in [-0.05, 0) is 42.8 Å². The highest BCUT2D eigenvalue weighted by Crippen LogP contribution is 2.35. The van der Waals surface area contributed by atoms with Crippen molar-refractivity contribution in [3.63, 3.8) is 0 Å². The number of nitrogens with zero attached hydrogens (tertiary/aromatic N) is 2. The normalized spacial score (nSPS) is 11.3. The van der Waals surface area contributed by atoms with Crippen LogP contribution in [0.25, 0.3) is 44.6 Å². The number of hydrogen-bond donors (Lipinski definition) is 0. The number of para-hydroxylation sites is 1. The number of halogens is 1. The van der Waals surface area contributed by atoms with Crippen LogP contribution < -0.4 is 0 Å². The Morgan fingerprint density at radius 1 is 0.815 bits per heavy atom. The summed E-state index contributed by atoms with van der Waals surface area (Å²) in [5, 5.41) is 0.956. The fraction of sp³-hybridized carbons (Fsp3) is 0.0435. The van der Waals surface area contributed by atoms with Gasteiger partial charge in [0.25, 0.3) is 0 Å². The Bertz CT molecular complexity index is 1310. The smallest absolute Gasteiger partial charge is 0.154 e. The zero-order valence-electron chi connectivity index (χ0n) is 14.6. The maximum atomic E-state index is 14.4. The molecule has 5 rings (SSSR count). The van der Waals surface area contributed by atoms with Gasteiger partial charge in [-0.2, -0.15) is 0 Å². The van der Waals surface area contributed by atoms with Crippen LogP contribution in [0, 0.1) is 12.7 Å². The zero-order valence-corrected chi connectivity index (χ0v) is 14.6. The molecule has 0 unspecified atom stereocenters. The molecule has 0 aliphatic rings. The molecule has 0 atom stereocenters. The molecule has 3 heterocycles. The molecule has 0 amide bonds. The summed E-state index contributed by atoms with van der Waals surface area (Å²) < 4.78 is 20.3. The van der Waals surface area contributed by atoms with E-state index in [1.165, 1.54) is 6.07 Å². The van der Waals surface area contributed by atoms with E-state index in [1.54, 1.807) is 18.3 Å². The highest BCUT2D eigenvalue weighted by Gasteiger charge is 2.17. The lowest BCUT2D eigenvalue weighted by Gasteiger charge is -2.11. The van der Waals surface area contributed by atoms with Gasteiger partial charge in [0.2, 0.25) is 0 Å². The minimum atomic E-state index is -0.278. The number of benzene rings is 2. The van der Waals surface area contributed by atoms with Gasteiger partial charge in [0.1, 0.15) is 16.9 Å². The standard InChI is InChI=1S/C23H15FN2O/c1-14-13-20-22(17-8-3-5-11-19(17)27-20)26-21(14)23-16(9-6-12-25-23)15-7-2-4-10-18(15)24/h2-13H,1H3. The third-order valence-electron chi connectivity index (χ3n) is 4.74. The van der Waals surface area contributed by atoms with E-state index in [4.69, 9.17) is 9.40 Å². The molecule has 130 valence electrons. The molecule has 5 aromatic rings. The topological polar surface area (TPSA) is 38.9 Å². The van der Waals surface area contributed by atoms with Crippen molar-refractivity contribution >= 4 is 22.1 Å². The van der Waals surface area contributed by atoms with Gasteiger partial charge in [-0.25, -0.2) is 9.37 Å². The molecule has 3 aromatic heterocycles. The fourth-order valence-electron chi connectivity index (χ4n) is 3.46. The molecule has 0 aliphatic heterocycles. The third-order valence-corrected chi connectivity index (χ3v) is 4.74. The van der Waals surface area contributed by atoms with Crippen LogP contribution in [0.5, 0.6) is 0 Å². The van der Waals surface area contributed by atoms with Crippen LogP contribution in [0.15, 0.2) is 77.3 Å². The Labute approximate surface area is 155 Å². The van der Waals surface area contributed by atoms with Gasteiger partial charge in [0.05, 0.1) is 11.4 Å². The SMILES string of the molecule is Cc1cc2oc3ccccc3c2nc1-c1ncccc1-c1ccccc1F. The van der Waals surface area contributed by atoms with Gasteiger partial charge in [0, 0.05) is 22.7 Å². The van der Waals surface area contributed by atoms with E-state index < -0.39 is 0 Å². The summed E-state index contributed by atoms with van der Waals surface area (Å²) in [6.07, 6.45) is 1.71. The molecule has 0 saturated heterocycles. The lowest BCUT2D eigenvalue weighted by Crippen LogP contribution is -1.96. The Balaban J connectivity index is 1.81. The minimum Gasteiger partial charge on any atom is -0.454 e. The first kappa shape index (κ1) is 15.7. The average Bonchev–Trinajstić information content (AvgIpc) is 3.05. The van der Waals surface area contributed by atoms with E-state index in [0.29, 0.717) is 11.3 Å². The molecule has 0 N–H and O–H groups in total. The predicted molar refractivity (Wildman–Crippen MR) is 105 cm³/mol. The first-order valence-electron chi connectivity index (χ1n) is 8.71. The van der Waals surface area contributed by atoms with E-state index in [0.717, 1.165) is 38.9 Å². The van der Waals surface area contributed by atoms with Gasteiger partial charge in [-0.15, -0.1) is 0 Å². The number of pyridine rings is 2. The van der Waals surface area contributed by atoms with Gasteiger partial charge in [-0.1, -0.05) is 36.4 Å². The van der Waals surface area contributed by atoms with Crippen LogP contribution in [0.1, 0.15) is 5.56 Å². The fourth-order valence-corrected chi connectivity index (χ4v) is 3.46. The summed E-state index contributed by atoms with van der Waals surface area (Å²) >= 11 is 0. The summed E-state index contributed by atoms with van der Waals surface area (Å²) in [6.45, 7) is 1.97. The number of hydrogen-bond acceptors (Lipinski definition) is 3. The molecule has 0 fully saturated rings. The number of aryl methyl sites for hydroxylation is 1. The largest absolute Gasteiger partial charge is 0.454 e. The van der Waals surface area contributed by atoms with Crippen LogP contribution in [0.3, 0.4) is 0 Å². The molecule has 0 radical (unpaired) electrons. The van der Waals surface area contributed by atoms with E-state index >= 15 is 0 Å². The highest BCUT2D eigenvalue weighted by atomic mass is 19.1. The average molecular weight is 354 g/mol. The minimum absolute atomic E-state index is 0.278. The molecule has 27 heavy (non-hydrogen) atoms. The number of rotatable bonds is 2. The van der Waals surface area contributed by atoms with Crippen molar-refractivity contribution in [1.82, 2.24) is 9.97 Å². The molecule has 4 heteroatoms.